The molecule has 0 unspecified atom stereocenters. The van der Waals surface area contributed by atoms with E-state index in [1.54, 1.807) is 25.3 Å². The number of unbranched alkanes of at least 4 members (excludes halogenated alkanes) is 1. The third-order valence-corrected chi connectivity index (χ3v) is 4.53. The van der Waals surface area contributed by atoms with Crippen molar-refractivity contribution in [1.29, 1.82) is 0 Å². The van der Waals surface area contributed by atoms with Gasteiger partial charge in [0.25, 0.3) is 0 Å². The van der Waals surface area contributed by atoms with Gasteiger partial charge >= 0.3 is 5.97 Å². The van der Waals surface area contributed by atoms with Gasteiger partial charge in [-0.1, -0.05) is 24.3 Å². The Morgan fingerprint density at radius 1 is 0.767 bits per heavy atom. The summed E-state index contributed by atoms with van der Waals surface area (Å²) < 4.78 is 16.2. The maximum absolute atomic E-state index is 12.0. The van der Waals surface area contributed by atoms with Crippen molar-refractivity contribution in [2.24, 2.45) is 0 Å². The minimum absolute atomic E-state index is 0.313. The topological polar surface area (TPSA) is 96.8 Å². The smallest absolute Gasteiger partial charge is 0.338 e. The Kier molecular flexibility index (Phi) is 7.16. The van der Waals surface area contributed by atoms with Crippen LogP contribution in [0.3, 0.4) is 0 Å². The van der Waals surface area contributed by atoms with Crippen molar-refractivity contribution in [3.05, 3.63) is 72.3 Å². The molecule has 0 saturated heterocycles. The summed E-state index contributed by atoms with van der Waals surface area (Å²) in [6.07, 6.45) is 1.47. The molecule has 0 spiro atoms. The number of ether oxygens (including phenoxy) is 3. The van der Waals surface area contributed by atoms with Crippen molar-refractivity contribution < 1.29 is 19.0 Å². The van der Waals surface area contributed by atoms with E-state index in [9.17, 15) is 4.79 Å². The molecule has 6 heteroatoms. The molecule has 4 N–H and O–H groups in total. The highest BCUT2D eigenvalue weighted by molar-refractivity contribution is 5.91. The molecule has 156 valence electrons. The Hall–Kier alpha value is -3.67. The number of methoxy groups -OCH3 is 1. The van der Waals surface area contributed by atoms with Crippen LogP contribution in [0.15, 0.2) is 66.7 Å². The number of hydrogen-bond donors (Lipinski definition) is 2. The van der Waals surface area contributed by atoms with E-state index in [0.29, 0.717) is 36.6 Å². The number of hydrogen-bond acceptors (Lipinski definition) is 6. The second-order valence-corrected chi connectivity index (χ2v) is 6.83. The molecule has 0 atom stereocenters. The molecule has 6 nitrogen and oxygen atoms in total. The third kappa shape index (κ3) is 5.91. The molecule has 0 aliphatic heterocycles. The van der Waals surface area contributed by atoms with Gasteiger partial charge in [-0.3, -0.25) is 0 Å². The van der Waals surface area contributed by atoms with Gasteiger partial charge in [0.15, 0.2) is 0 Å². The highest BCUT2D eigenvalue weighted by atomic mass is 16.5. The molecule has 0 fully saturated rings. The van der Waals surface area contributed by atoms with Gasteiger partial charge in [-0.05, 0) is 66.4 Å². The number of esters is 1. The summed E-state index contributed by atoms with van der Waals surface area (Å²) in [4.78, 5) is 12.0. The fourth-order valence-corrected chi connectivity index (χ4v) is 2.96. The largest absolute Gasteiger partial charge is 0.497 e. The number of nitrogen functional groups attached to an aromatic ring is 2. The van der Waals surface area contributed by atoms with Crippen LogP contribution in [0.4, 0.5) is 11.4 Å². The van der Waals surface area contributed by atoms with Gasteiger partial charge in [0.1, 0.15) is 11.5 Å². The number of rotatable bonds is 9. The van der Waals surface area contributed by atoms with E-state index in [0.717, 1.165) is 29.0 Å². The van der Waals surface area contributed by atoms with E-state index in [1.165, 1.54) is 0 Å². The average molecular weight is 406 g/mol. The monoisotopic (exact) mass is 406 g/mol. The summed E-state index contributed by atoms with van der Waals surface area (Å²) in [7, 11) is 1.65. The lowest BCUT2D eigenvalue weighted by atomic mass is 10.1. The normalized spacial score (nSPS) is 10.4. The molecule has 3 rings (SSSR count). The second kappa shape index (κ2) is 10.2. The molecule has 3 aromatic carbocycles. The summed E-state index contributed by atoms with van der Waals surface area (Å²) in [5, 5.41) is 0. The van der Waals surface area contributed by atoms with Crippen molar-refractivity contribution in [2.75, 3.05) is 31.8 Å². The third-order valence-electron chi connectivity index (χ3n) is 4.53. The van der Waals surface area contributed by atoms with Gasteiger partial charge in [0, 0.05) is 11.4 Å². The van der Waals surface area contributed by atoms with Gasteiger partial charge in [0.2, 0.25) is 0 Å². The molecular weight excluding hydrogens is 380 g/mol. The first-order chi connectivity index (χ1) is 14.5. The zero-order valence-electron chi connectivity index (χ0n) is 17.0. The molecule has 3 aromatic rings. The highest BCUT2D eigenvalue weighted by Crippen LogP contribution is 2.24. The summed E-state index contributed by atoms with van der Waals surface area (Å²) >= 11 is 0. The Morgan fingerprint density at radius 2 is 1.30 bits per heavy atom. The molecule has 0 aliphatic carbocycles. The number of benzene rings is 3. The number of nitrogens with two attached hydrogens (primary N) is 2. The highest BCUT2D eigenvalue weighted by Gasteiger charge is 2.08. The minimum atomic E-state index is -0.427. The second-order valence-electron chi connectivity index (χ2n) is 6.83. The Balaban J connectivity index is 1.37. The standard InChI is InChI=1S/C24H26N2O4/c1-28-22-8-4-17(5-9-22)18-6-10-23(11-7-18)29-12-2-3-13-30-24(27)19-14-20(25)16-21(26)15-19/h4-11,14-16H,2-3,12-13,25-26H2,1H3. The molecule has 0 saturated carbocycles. The van der Waals surface area contributed by atoms with Crippen molar-refractivity contribution in [2.45, 2.75) is 12.8 Å². The molecular formula is C24H26N2O4. The van der Waals surface area contributed by atoms with E-state index in [-0.39, 0.29) is 0 Å². The van der Waals surface area contributed by atoms with Crippen molar-refractivity contribution in [3.63, 3.8) is 0 Å². The maximum atomic E-state index is 12.0. The lowest BCUT2D eigenvalue weighted by molar-refractivity contribution is 0.0494. The van der Waals surface area contributed by atoms with Crippen LogP contribution < -0.4 is 20.9 Å². The van der Waals surface area contributed by atoms with Crippen LogP contribution in [-0.2, 0) is 4.74 Å². The first kappa shape index (κ1) is 21.0. The Morgan fingerprint density at radius 3 is 1.87 bits per heavy atom. The van der Waals surface area contributed by atoms with Gasteiger partial charge in [0.05, 0.1) is 25.9 Å². The van der Waals surface area contributed by atoms with Crippen molar-refractivity contribution in [3.8, 4) is 22.6 Å². The van der Waals surface area contributed by atoms with Gasteiger partial charge in [-0.2, -0.15) is 0 Å². The lowest BCUT2D eigenvalue weighted by Crippen LogP contribution is -2.08. The molecule has 0 heterocycles. The van der Waals surface area contributed by atoms with Crippen molar-refractivity contribution in [1.82, 2.24) is 0 Å². The van der Waals surface area contributed by atoms with E-state index >= 15 is 0 Å². The molecule has 0 radical (unpaired) electrons. The average Bonchev–Trinajstić information content (AvgIpc) is 2.76. The number of carbonyl (C=O) groups is 1. The Bertz CT molecular complexity index is 949. The lowest BCUT2D eigenvalue weighted by Gasteiger charge is -2.09. The van der Waals surface area contributed by atoms with Crippen LogP contribution in [0, 0.1) is 0 Å². The van der Waals surface area contributed by atoms with Gasteiger partial charge in [-0.25, -0.2) is 4.79 Å². The van der Waals surface area contributed by atoms with Crippen LogP contribution in [0.1, 0.15) is 23.2 Å². The zero-order chi connectivity index (χ0) is 21.3. The summed E-state index contributed by atoms with van der Waals surface area (Å²) in [5.41, 5.74) is 14.8. The first-order valence-electron chi connectivity index (χ1n) is 9.75. The van der Waals surface area contributed by atoms with Crippen molar-refractivity contribution >= 4 is 17.3 Å². The molecule has 0 amide bonds. The van der Waals surface area contributed by atoms with E-state index < -0.39 is 5.97 Å². The number of carbonyl (C=O) groups excluding carboxylic acids is 1. The molecule has 0 bridgehead atoms. The predicted molar refractivity (Wildman–Crippen MR) is 119 cm³/mol. The van der Waals surface area contributed by atoms with E-state index in [4.69, 9.17) is 25.7 Å². The SMILES string of the molecule is COc1ccc(-c2ccc(OCCCCOC(=O)c3cc(N)cc(N)c3)cc2)cc1. The molecule has 30 heavy (non-hydrogen) atoms. The fourth-order valence-electron chi connectivity index (χ4n) is 2.96. The summed E-state index contributed by atoms with van der Waals surface area (Å²) in [5.74, 6) is 1.21. The quantitative estimate of drug-likeness (QED) is 0.308. The van der Waals surface area contributed by atoms with Crippen LogP contribution in [0.2, 0.25) is 0 Å². The van der Waals surface area contributed by atoms with E-state index in [1.807, 2.05) is 48.5 Å². The predicted octanol–water partition coefficient (Wildman–Crippen LogP) is 4.54. The van der Waals surface area contributed by atoms with Gasteiger partial charge < -0.3 is 25.7 Å². The van der Waals surface area contributed by atoms with Crippen LogP contribution in [0.25, 0.3) is 11.1 Å². The summed E-state index contributed by atoms with van der Waals surface area (Å²) in [6.45, 7) is 0.859. The van der Waals surface area contributed by atoms with Crippen LogP contribution >= 0.6 is 0 Å². The Labute approximate surface area is 176 Å². The number of anilines is 2. The first-order valence-corrected chi connectivity index (χ1v) is 9.75. The van der Waals surface area contributed by atoms with Crippen LogP contribution in [-0.4, -0.2) is 26.3 Å². The van der Waals surface area contributed by atoms with Gasteiger partial charge in [-0.15, -0.1) is 0 Å². The summed E-state index contributed by atoms with van der Waals surface area (Å²) in [6, 6.07) is 20.6. The van der Waals surface area contributed by atoms with E-state index in [2.05, 4.69) is 0 Å². The van der Waals surface area contributed by atoms with Crippen LogP contribution in [0.5, 0.6) is 11.5 Å². The fraction of sp³-hybridized carbons (Fsp3) is 0.208. The molecule has 0 aromatic heterocycles. The maximum Gasteiger partial charge on any atom is 0.338 e. The molecule has 0 aliphatic rings. The zero-order valence-corrected chi connectivity index (χ0v) is 17.0. The minimum Gasteiger partial charge on any atom is -0.497 e.